The third kappa shape index (κ3) is 3.49. The number of rotatable bonds is 6. The van der Waals surface area contributed by atoms with E-state index >= 15 is 0 Å². The van der Waals surface area contributed by atoms with Crippen molar-refractivity contribution in [2.45, 2.75) is 32.9 Å². The van der Waals surface area contributed by atoms with Crippen molar-refractivity contribution in [2.75, 3.05) is 6.61 Å². The lowest BCUT2D eigenvalue weighted by Crippen LogP contribution is -2.41. The van der Waals surface area contributed by atoms with Gasteiger partial charge in [0.1, 0.15) is 5.76 Å². The van der Waals surface area contributed by atoms with Crippen LogP contribution in [0.2, 0.25) is 0 Å². The monoisotopic (exact) mass is 288 g/mol. The van der Waals surface area contributed by atoms with Crippen LogP contribution >= 0.6 is 0 Å². The van der Waals surface area contributed by atoms with Gasteiger partial charge in [-0.15, -0.1) is 0 Å². The maximum Gasteiger partial charge on any atom is 0.258 e. The van der Waals surface area contributed by atoms with E-state index in [0.29, 0.717) is 24.3 Å². The van der Waals surface area contributed by atoms with Gasteiger partial charge in [0.2, 0.25) is 0 Å². The van der Waals surface area contributed by atoms with E-state index in [-0.39, 0.29) is 18.6 Å². The number of aromatic nitrogens is 1. The molecule has 0 aliphatic carbocycles. The Bertz CT molecular complexity index is 576. The normalized spacial score (nSPS) is 12.1. The smallest absolute Gasteiger partial charge is 0.258 e. The molecule has 2 rings (SSSR count). The first-order chi connectivity index (χ1) is 10.2. The third-order valence-electron chi connectivity index (χ3n) is 3.55. The zero-order valence-electron chi connectivity index (χ0n) is 12.3. The van der Waals surface area contributed by atoms with Crippen LogP contribution in [0, 0.1) is 6.92 Å². The number of nitrogens with zero attached hydrogens (tertiary/aromatic N) is 2. The average molecular weight is 288 g/mol. The van der Waals surface area contributed by atoms with Crippen LogP contribution in [0.3, 0.4) is 0 Å². The maximum atomic E-state index is 12.7. The first-order valence-electron chi connectivity index (χ1n) is 7.02. The molecule has 0 aliphatic rings. The molecule has 0 aromatic carbocycles. The van der Waals surface area contributed by atoms with Gasteiger partial charge in [-0.25, -0.2) is 0 Å². The second-order valence-electron chi connectivity index (χ2n) is 4.93. The van der Waals surface area contributed by atoms with Gasteiger partial charge in [0.05, 0.1) is 24.5 Å². The van der Waals surface area contributed by atoms with E-state index in [1.165, 1.54) is 6.26 Å². The molecule has 0 unspecified atom stereocenters. The van der Waals surface area contributed by atoms with Crippen LogP contribution in [0.15, 0.2) is 41.3 Å². The molecule has 1 N–H and O–H groups in total. The fourth-order valence-electron chi connectivity index (χ4n) is 2.26. The van der Waals surface area contributed by atoms with E-state index in [1.807, 2.05) is 19.1 Å². The summed E-state index contributed by atoms with van der Waals surface area (Å²) >= 11 is 0. The number of furan rings is 1. The first-order valence-corrected chi connectivity index (χ1v) is 7.02. The number of aliphatic hydroxyl groups is 1. The summed E-state index contributed by atoms with van der Waals surface area (Å²) in [6, 6.07) is 5.19. The van der Waals surface area contributed by atoms with Crippen LogP contribution in [0.25, 0.3) is 0 Å². The third-order valence-corrected chi connectivity index (χ3v) is 3.55. The van der Waals surface area contributed by atoms with Gasteiger partial charge in [0.25, 0.3) is 5.91 Å². The Hall–Kier alpha value is -2.14. The highest BCUT2D eigenvalue weighted by Gasteiger charge is 2.25. The second-order valence-corrected chi connectivity index (χ2v) is 4.93. The van der Waals surface area contributed by atoms with E-state index in [4.69, 9.17) is 4.42 Å². The van der Waals surface area contributed by atoms with Gasteiger partial charge in [0, 0.05) is 18.9 Å². The van der Waals surface area contributed by atoms with Crippen molar-refractivity contribution in [3.05, 3.63) is 53.7 Å². The van der Waals surface area contributed by atoms with Crippen LogP contribution in [0.5, 0.6) is 0 Å². The van der Waals surface area contributed by atoms with Gasteiger partial charge in [-0.3, -0.25) is 9.78 Å². The Kier molecular flexibility index (Phi) is 5.11. The lowest BCUT2D eigenvalue weighted by Gasteiger charge is -2.30. The molecule has 5 nitrogen and oxygen atoms in total. The summed E-state index contributed by atoms with van der Waals surface area (Å²) in [5.74, 6) is 0.454. The number of carbonyl (C=O) groups is 1. The Morgan fingerprint density at radius 2 is 2.29 bits per heavy atom. The van der Waals surface area contributed by atoms with E-state index < -0.39 is 0 Å². The number of hydrogen-bond acceptors (Lipinski definition) is 4. The van der Waals surface area contributed by atoms with Crippen molar-refractivity contribution in [2.24, 2.45) is 0 Å². The van der Waals surface area contributed by atoms with Crippen molar-refractivity contribution < 1.29 is 14.3 Å². The lowest BCUT2D eigenvalue weighted by molar-refractivity contribution is 0.0562. The molecule has 0 fully saturated rings. The summed E-state index contributed by atoms with van der Waals surface area (Å²) < 4.78 is 5.21. The van der Waals surface area contributed by atoms with Crippen LogP contribution in [-0.2, 0) is 6.54 Å². The Morgan fingerprint density at radius 1 is 1.48 bits per heavy atom. The molecule has 2 aromatic heterocycles. The Balaban J connectivity index is 2.28. The summed E-state index contributed by atoms with van der Waals surface area (Å²) in [6.45, 7) is 4.05. The van der Waals surface area contributed by atoms with Gasteiger partial charge in [-0.2, -0.15) is 0 Å². The number of aliphatic hydroxyl groups excluding tert-OH is 1. The van der Waals surface area contributed by atoms with Crippen molar-refractivity contribution in [3.63, 3.8) is 0 Å². The zero-order chi connectivity index (χ0) is 15.2. The molecule has 0 saturated carbocycles. The van der Waals surface area contributed by atoms with Crippen LogP contribution < -0.4 is 0 Å². The van der Waals surface area contributed by atoms with E-state index in [2.05, 4.69) is 4.98 Å². The summed E-state index contributed by atoms with van der Waals surface area (Å²) in [6.07, 6.45) is 5.61. The molecule has 0 aliphatic heterocycles. The second kappa shape index (κ2) is 7.04. The molecular formula is C16H20N2O3. The molecule has 1 atom stereocenters. The quantitative estimate of drug-likeness (QED) is 0.886. The highest BCUT2D eigenvalue weighted by molar-refractivity contribution is 5.95. The zero-order valence-corrected chi connectivity index (χ0v) is 12.3. The topological polar surface area (TPSA) is 66.6 Å². The highest BCUT2D eigenvalue weighted by Crippen LogP contribution is 2.18. The first kappa shape index (κ1) is 15.3. The molecule has 0 bridgehead atoms. The lowest BCUT2D eigenvalue weighted by atomic mass is 10.1. The molecule has 5 heteroatoms. The molecule has 0 saturated heterocycles. The predicted octanol–water partition coefficient (Wildman–Crippen LogP) is 2.40. The van der Waals surface area contributed by atoms with Gasteiger partial charge in [-0.05, 0) is 31.0 Å². The molecule has 0 spiro atoms. The SMILES string of the molecule is CC[C@H](CO)N(Cc1cccnc1)C(=O)c1ccoc1C. The summed E-state index contributed by atoms with van der Waals surface area (Å²) in [5.41, 5.74) is 1.46. The summed E-state index contributed by atoms with van der Waals surface area (Å²) in [5, 5.41) is 9.56. The molecule has 0 radical (unpaired) electrons. The number of aryl methyl sites for hydroxylation is 1. The summed E-state index contributed by atoms with van der Waals surface area (Å²) in [4.78, 5) is 18.5. The highest BCUT2D eigenvalue weighted by atomic mass is 16.3. The minimum Gasteiger partial charge on any atom is -0.469 e. The Morgan fingerprint density at radius 3 is 2.81 bits per heavy atom. The number of carbonyl (C=O) groups excluding carboxylic acids is 1. The molecule has 1 amide bonds. The van der Waals surface area contributed by atoms with E-state index in [0.717, 1.165) is 5.56 Å². The van der Waals surface area contributed by atoms with Crippen molar-refractivity contribution in [1.82, 2.24) is 9.88 Å². The molecule has 2 heterocycles. The van der Waals surface area contributed by atoms with Crippen LogP contribution in [0.4, 0.5) is 0 Å². The van der Waals surface area contributed by atoms with Crippen LogP contribution in [-0.4, -0.2) is 33.5 Å². The van der Waals surface area contributed by atoms with Gasteiger partial charge in [0.15, 0.2) is 0 Å². The standard InChI is InChI=1S/C16H20N2O3/c1-3-14(11-19)18(10-13-5-4-7-17-9-13)16(20)15-6-8-21-12(15)2/h4-9,14,19H,3,10-11H2,1-2H3/t14-/m1/s1. The minimum absolute atomic E-state index is 0.0700. The Labute approximate surface area is 124 Å². The number of amides is 1. The molecular weight excluding hydrogens is 268 g/mol. The van der Waals surface area contributed by atoms with E-state index in [1.54, 1.807) is 30.3 Å². The van der Waals surface area contributed by atoms with E-state index in [9.17, 15) is 9.90 Å². The molecule has 112 valence electrons. The van der Waals surface area contributed by atoms with Crippen LogP contribution in [0.1, 0.15) is 35.0 Å². The average Bonchev–Trinajstić information content (AvgIpc) is 2.94. The largest absolute Gasteiger partial charge is 0.469 e. The van der Waals surface area contributed by atoms with Gasteiger partial charge in [-0.1, -0.05) is 13.0 Å². The fourth-order valence-corrected chi connectivity index (χ4v) is 2.26. The number of pyridine rings is 1. The number of hydrogen-bond donors (Lipinski definition) is 1. The van der Waals surface area contributed by atoms with Crippen molar-refractivity contribution in [1.29, 1.82) is 0 Å². The molecule has 2 aromatic rings. The summed E-state index contributed by atoms with van der Waals surface area (Å²) in [7, 11) is 0. The van der Waals surface area contributed by atoms with Gasteiger partial charge < -0.3 is 14.4 Å². The molecule has 21 heavy (non-hydrogen) atoms. The predicted molar refractivity (Wildman–Crippen MR) is 78.7 cm³/mol. The maximum absolute atomic E-state index is 12.7. The van der Waals surface area contributed by atoms with Crippen molar-refractivity contribution >= 4 is 5.91 Å². The minimum atomic E-state index is -0.230. The fraction of sp³-hybridized carbons (Fsp3) is 0.375. The van der Waals surface area contributed by atoms with Crippen molar-refractivity contribution in [3.8, 4) is 0 Å². The van der Waals surface area contributed by atoms with Gasteiger partial charge >= 0.3 is 0 Å².